The third-order valence-corrected chi connectivity index (χ3v) is 2.69. The van der Waals surface area contributed by atoms with E-state index in [1.165, 1.54) is 0 Å². The second-order valence-corrected chi connectivity index (χ2v) is 4.15. The second kappa shape index (κ2) is 8.28. The fourth-order valence-electron chi connectivity index (χ4n) is 1.52. The molecule has 0 radical (unpaired) electrons. The number of hydrogen-bond donors (Lipinski definition) is 3. The summed E-state index contributed by atoms with van der Waals surface area (Å²) < 4.78 is 5.29. The Morgan fingerprint density at radius 1 is 1.50 bits per heavy atom. The van der Waals surface area contributed by atoms with Crippen LogP contribution in [0.5, 0.6) is 0 Å². The minimum atomic E-state index is -0.0161. The smallest absolute Gasteiger partial charge is 0.221 e. The van der Waals surface area contributed by atoms with E-state index in [0.29, 0.717) is 43.6 Å². The molecule has 0 saturated carbocycles. The van der Waals surface area contributed by atoms with Crippen LogP contribution in [0.4, 0.5) is 11.6 Å². The van der Waals surface area contributed by atoms with Crippen molar-refractivity contribution >= 4 is 17.5 Å². The Balaban J connectivity index is 2.78. The highest BCUT2D eigenvalue weighted by molar-refractivity contribution is 5.76. The van der Waals surface area contributed by atoms with Crippen LogP contribution < -0.4 is 21.5 Å². The summed E-state index contributed by atoms with van der Waals surface area (Å²) in [7, 11) is 3.47. The first-order chi connectivity index (χ1) is 9.60. The van der Waals surface area contributed by atoms with Gasteiger partial charge in [0.1, 0.15) is 18.2 Å². The molecular weight excluding hydrogens is 260 g/mol. The van der Waals surface area contributed by atoms with Gasteiger partial charge in [0.25, 0.3) is 0 Å². The topological polar surface area (TPSA) is 105 Å². The van der Waals surface area contributed by atoms with E-state index in [2.05, 4.69) is 20.7 Å². The molecule has 8 nitrogen and oxygen atoms in total. The molecule has 8 heteroatoms. The van der Waals surface area contributed by atoms with Gasteiger partial charge in [-0.05, 0) is 6.92 Å². The highest BCUT2D eigenvalue weighted by Crippen LogP contribution is 2.15. The number of hydrogen-bond acceptors (Lipinski definition) is 7. The van der Waals surface area contributed by atoms with Gasteiger partial charge in [0.05, 0.1) is 0 Å². The van der Waals surface area contributed by atoms with Crippen LogP contribution in [0.15, 0.2) is 6.07 Å². The Labute approximate surface area is 118 Å². The van der Waals surface area contributed by atoms with Crippen LogP contribution in [-0.2, 0) is 16.1 Å². The predicted molar refractivity (Wildman–Crippen MR) is 77.1 cm³/mol. The number of nitrogens with zero attached hydrogens (tertiary/aromatic N) is 3. The SMILES string of the molecule is CCOCc1nc(NN)cc(N(C)CCC(=O)NC)n1. The summed E-state index contributed by atoms with van der Waals surface area (Å²) in [6.07, 6.45) is 0.392. The molecule has 0 bridgehead atoms. The van der Waals surface area contributed by atoms with Crippen molar-refractivity contribution in [1.29, 1.82) is 0 Å². The van der Waals surface area contributed by atoms with Crippen molar-refractivity contribution in [2.75, 3.05) is 37.6 Å². The average Bonchev–Trinajstić information content (AvgIpc) is 2.49. The first kappa shape index (κ1) is 16.1. The number of anilines is 2. The molecule has 0 saturated heterocycles. The molecule has 112 valence electrons. The van der Waals surface area contributed by atoms with Crippen molar-refractivity contribution in [1.82, 2.24) is 15.3 Å². The van der Waals surface area contributed by atoms with Crippen molar-refractivity contribution < 1.29 is 9.53 Å². The van der Waals surface area contributed by atoms with E-state index in [9.17, 15) is 4.79 Å². The molecule has 0 aliphatic rings. The largest absolute Gasteiger partial charge is 0.374 e. The van der Waals surface area contributed by atoms with Crippen molar-refractivity contribution in [2.24, 2.45) is 5.84 Å². The zero-order valence-corrected chi connectivity index (χ0v) is 12.1. The number of nitrogens with two attached hydrogens (primary N) is 1. The molecule has 1 aromatic rings. The Bertz CT molecular complexity index is 440. The molecule has 0 aliphatic heterocycles. The van der Waals surface area contributed by atoms with Crippen molar-refractivity contribution in [3.8, 4) is 0 Å². The van der Waals surface area contributed by atoms with Crippen LogP contribution in [-0.4, -0.2) is 43.1 Å². The van der Waals surface area contributed by atoms with Gasteiger partial charge in [-0.25, -0.2) is 15.8 Å². The molecule has 0 aliphatic carbocycles. The lowest BCUT2D eigenvalue weighted by Gasteiger charge is -2.19. The van der Waals surface area contributed by atoms with Crippen LogP contribution in [0.25, 0.3) is 0 Å². The molecule has 1 amide bonds. The lowest BCUT2D eigenvalue weighted by molar-refractivity contribution is -0.120. The number of ether oxygens (including phenoxy) is 1. The molecule has 4 N–H and O–H groups in total. The molecule has 0 spiro atoms. The maximum absolute atomic E-state index is 11.3. The summed E-state index contributed by atoms with van der Waals surface area (Å²) in [6.45, 7) is 3.37. The molecule has 1 rings (SSSR count). The first-order valence-corrected chi connectivity index (χ1v) is 6.44. The Morgan fingerprint density at radius 3 is 2.85 bits per heavy atom. The van der Waals surface area contributed by atoms with Crippen LogP contribution >= 0.6 is 0 Å². The van der Waals surface area contributed by atoms with Gasteiger partial charge < -0.3 is 20.4 Å². The second-order valence-electron chi connectivity index (χ2n) is 4.15. The summed E-state index contributed by atoms with van der Waals surface area (Å²) in [5.41, 5.74) is 2.50. The van der Waals surface area contributed by atoms with E-state index in [-0.39, 0.29) is 5.91 Å². The molecule has 1 heterocycles. The van der Waals surface area contributed by atoms with Crippen LogP contribution in [0.3, 0.4) is 0 Å². The summed E-state index contributed by atoms with van der Waals surface area (Å²) in [6, 6.07) is 1.72. The molecule has 1 aromatic heterocycles. The number of hydrazine groups is 1. The first-order valence-electron chi connectivity index (χ1n) is 6.44. The van der Waals surface area contributed by atoms with E-state index in [1.807, 2.05) is 18.9 Å². The molecule has 0 atom stereocenters. The molecule has 20 heavy (non-hydrogen) atoms. The molecule has 0 unspecified atom stereocenters. The van der Waals surface area contributed by atoms with Gasteiger partial charge in [-0.2, -0.15) is 0 Å². The van der Waals surface area contributed by atoms with E-state index >= 15 is 0 Å². The van der Waals surface area contributed by atoms with Gasteiger partial charge in [-0.3, -0.25) is 4.79 Å². The van der Waals surface area contributed by atoms with Gasteiger partial charge in [-0.15, -0.1) is 0 Å². The van der Waals surface area contributed by atoms with Gasteiger partial charge >= 0.3 is 0 Å². The number of rotatable bonds is 8. The summed E-state index contributed by atoms with van der Waals surface area (Å²) in [4.78, 5) is 21.7. The average molecular weight is 282 g/mol. The third kappa shape index (κ3) is 4.98. The summed E-state index contributed by atoms with van der Waals surface area (Å²) in [5.74, 6) is 7.12. The van der Waals surface area contributed by atoms with E-state index in [4.69, 9.17) is 10.6 Å². The summed E-state index contributed by atoms with van der Waals surface area (Å²) in [5, 5.41) is 2.58. The maximum Gasteiger partial charge on any atom is 0.221 e. The standard InChI is InChI=1S/C12H22N6O2/c1-4-20-8-10-15-9(17-13)7-11(16-10)18(3)6-5-12(19)14-2/h7H,4-6,8,13H2,1-3H3,(H,14,19)(H,15,16,17). The zero-order chi connectivity index (χ0) is 15.0. The normalized spacial score (nSPS) is 10.2. The zero-order valence-electron chi connectivity index (χ0n) is 12.1. The quantitative estimate of drug-likeness (QED) is 0.450. The number of carbonyl (C=O) groups excluding carboxylic acids is 1. The van der Waals surface area contributed by atoms with E-state index < -0.39 is 0 Å². The number of amides is 1. The van der Waals surface area contributed by atoms with Gasteiger partial charge in [-0.1, -0.05) is 0 Å². The maximum atomic E-state index is 11.3. The van der Waals surface area contributed by atoms with Gasteiger partial charge in [0.2, 0.25) is 5.91 Å². The van der Waals surface area contributed by atoms with Crippen molar-refractivity contribution in [3.05, 3.63) is 11.9 Å². The minimum Gasteiger partial charge on any atom is -0.374 e. The fourth-order valence-corrected chi connectivity index (χ4v) is 1.52. The Kier molecular flexibility index (Phi) is 6.68. The Morgan fingerprint density at radius 2 is 2.25 bits per heavy atom. The van der Waals surface area contributed by atoms with E-state index in [0.717, 1.165) is 0 Å². The fraction of sp³-hybridized carbons (Fsp3) is 0.583. The molecular formula is C12H22N6O2. The Hall–Kier alpha value is -1.93. The van der Waals surface area contributed by atoms with Crippen molar-refractivity contribution in [3.63, 3.8) is 0 Å². The lowest BCUT2D eigenvalue weighted by atomic mass is 10.3. The number of nitrogens with one attached hydrogen (secondary N) is 2. The van der Waals surface area contributed by atoms with E-state index in [1.54, 1.807) is 13.1 Å². The highest BCUT2D eigenvalue weighted by Gasteiger charge is 2.09. The number of nitrogen functional groups attached to an aromatic ring is 1. The molecule has 0 aromatic carbocycles. The number of aromatic nitrogens is 2. The van der Waals surface area contributed by atoms with Gasteiger partial charge in [0.15, 0.2) is 5.82 Å². The van der Waals surface area contributed by atoms with Gasteiger partial charge in [0, 0.05) is 39.7 Å². The predicted octanol–water partition coefficient (Wildman–Crippen LogP) is -0.129. The lowest BCUT2D eigenvalue weighted by Crippen LogP contribution is -2.27. The minimum absolute atomic E-state index is 0.0161. The van der Waals surface area contributed by atoms with Crippen molar-refractivity contribution in [2.45, 2.75) is 20.0 Å². The molecule has 0 fully saturated rings. The van der Waals surface area contributed by atoms with Crippen LogP contribution in [0, 0.1) is 0 Å². The number of carbonyl (C=O) groups is 1. The monoisotopic (exact) mass is 282 g/mol. The highest BCUT2D eigenvalue weighted by atomic mass is 16.5. The van der Waals surface area contributed by atoms with Crippen LogP contribution in [0.2, 0.25) is 0 Å². The summed E-state index contributed by atoms with van der Waals surface area (Å²) >= 11 is 0. The third-order valence-electron chi connectivity index (χ3n) is 2.69. The van der Waals surface area contributed by atoms with Crippen LogP contribution in [0.1, 0.15) is 19.2 Å².